The largest absolute Gasteiger partial charge is 0.316 e. The predicted molar refractivity (Wildman–Crippen MR) is 80.3 cm³/mol. The Hall–Kier alpha value is -0.380. The third-order valence-corrected chi connectivity index (χ3v) is 4.96. The Kier molecular flexibility index (Phi) is 5.22. The van der Waals surface area contributed by atoms with Crippen molar-refractivity contribution in [2.24, 2.45) is 5.92 Å². The summed E-state index contributed by atoms with van der Waals surface area (Å²) in [5, 5.41) is 3.61. The SMILES string of the molecule is CCCNCC1CCCN(C)C1c1ccc(C)s1. The van der Waals surface area contributed by atoms with Gasteiger partial charge in [0.25, 0.3) is 0 Å². The van der Waals surface area contributed by atoms with Crippen LogP contribution in [-0.4, -0.2) is 31.6 Å². The van der Waals surface area contributed by atoms with Crippen molar-refractivity contribution in [1.29, 1.82) is 0 Å². The standard InChI is InChI=1S/C15H26N2S/c1-4-9-16-11-13-6-5-10-17(3)15(13)14-8-7-12(2)18-14/h7-8,13,15-16H,4-6,9-11H2,1-3H3. The minimum Gasteiger partial charge on any atom is -0.316 e. The second kappa shape index (κ2) is 6.69. The zero-order chi connectivity index (χ0) is 13.0. The van der Waals surface area contributed by atoms with E-state index in [1.807, 2.05) is 11.3 Å². The molecule has 1 saturated heterocycles. The molecule has 2 nitrogen and oxygen atoms in total. The topological polar surface area (TPSA) is 15.3 Å². The number of nitrogens with one attached hydrogen (secondary N) is 1. The zero-order valence-electron chi connectivity index (χ0n) is 11.9. The second-order valence-corrected chi connectivity index (χ2v) is 6.80. The molecule has 0 saturated carbocycles. The molecule has 0 aromatic carbocycles. The van der Waals surface area contributed by atoms with Gasteiger partial charge in [0.1, 0.15) is 0 Å². The first-order valence-electron chi connectivity index (χ1n) is 7.19. The van der Waals surface area contributed by atoms with Crippen LogP contribution in [0.25, 0.3) is 0 Å². The third-order valence-electron chi connectivity index (χ3n) is 3.89. The number of piperidine rings is 1. The smallest absolute Gasteiger partial charge is 0.0478 e. The van der Waals surface area contributed by atoms with E-state index in [0.29, 0.717) is 6.04 Å². The first-order valence-corrected chi connectivity index (χ1v) is 8.01. The molecule has 1 aliphatic heterocycles. The molecule has 0 bridgehead atoms. The summed E-state index contributed by atoms with van der Waals surface area (Å²) in [6.45, 7) is 8.00. The summed E-state index contributed by atoms with van der Waals surface area (Å²) in [6.07, 6.45) is 3.93. The van der Waals surface area contributed by atoms with E-state index in [0.717, 1.165) is 12.5 Å². The highest BCUT2D eigenvalue weighted by Crippen LogP contribution is 2.37. The summed E-state index contributed by atoms with van der Waals surface area (Å²) < 4.78 is 0. The molecule has 1 N–H and O–H groups in total. The first-order chi connectivity index (χ1) is 8.72. The number of aryl methyl sites for hydroxylation is 1. The van der Waals surface area contributed by atoms with Crippen LogP contribution in [0.1, 0.15) is 42.0 Å². The number of nitrogens with zero attached hydrogens (tertiary/aromatic N) is 1. The molecule has 1 aromatic heterocycles. The van der Waals surface area contributed by atoms with Crippen LogP contribution >= 0.6 is 11.3 Å². The summed E-state index contributed by atoms with van der Waals surface area (Å²) in [4.78, 5) is 5.54. The zero-order valence-corrected chi connectivity index (χ0v) is 12.7. The summed E-state index contributed by atoms with van der Waals surface area (Å²) in [5.41, 5.74) is 0. The van der Waals surface area contributed by atoms with E-state index in [2.05, 4.69) is 43.2 Å². The maximum atomic E-state index is 3.61. The summed E-state index contributed by atoms with van der Waals surface area (Å²) in [5.74, 6) is 0.772. The van der Waals surface area contributed by atoms with Gasteiger partial charge in [-0.05, 0) is 70.9 Å². The van der Waals surface area contributed by atoms with E-state index in [9.17, 15) is 0 Å². The van der Waals surface area contributed by atoms with Crippen molar-refractivity contribution >= 4 is 11.3 Å². The molecule has 2 unspecified atom stereocenters. The van der Waals surface area contributed by atoms with Crippen molar-refractivity contribution in [1.82, 2.24) is 10.2 Å². The molecule has 18 heavy (non-hydrogen) atoms. The highest BCUT2D eigenvalue weighted by atomic mass is 32.1. The fraction of sp³-hybridized carbons (Fsp3) is 0.733. The van der Waals surface area contributed by atoms with Crippen molar-refractivity contribution in [3.8, 4) is 0 Å². The van der Waals surface area contributed by atoms with E-state index in [1.165, 1.54) is 37.2 Å². The average Bonchev–Trinajstić information content (AvgIpc) is 2.76. The molecular formula is C15H26N2S. The van der Waals surface area contributed by atoms with Gasteiger partial charge in [0.05, 0.1) is 0 Å². The lowest BCUT2D eigenvalue weighted by Crippen LogP contribution is -2.40. The van der Waals surface area contributed by atoms with Crippen LogP contribution in [0.15, 0.2) is 12.1 Å². The maximum absolute atomic E-state index is 3.61. The Morgan fingerprint density at radius 1 is 1.44 bits per heavy atom. The second-order valence-electron chi connectivity index (χ2n) is 5.48. The van der Waals surface area contributed by atoms with Gasteiger partial charge >= 0.3 is 0 Å². The van der Waals surface area contributed by atoms with Gasteiger partial charge in [-0.15, -0.1) is 11.3 Å². The highest BCUT2D eigenvalue weighted by Gasteiger charge is 2.30. The number of hydrogen-bond acceptors (Lipinski definition) is 3. The highest BCUT2D eigenvalue weighted by molar-refractivity contribution is 7.12. The Morgan fingerprint density at radius 2 is 2.28 bits per heavy atom. The fourth-order valence-electron chi connectivity index (χ4n) is 3.00. The molecule has 1 fully saturated rings. The monoisotopic (exact) mass is 266 g/mol. The van der Waals surface area contributed by atoms with E-state index in [-0.39, 0.29) is 0 Å². The molecule has 0 spiro atoms. The van der Waals surface area contributed by atoms with E-state index in [1.54, 1.807) is 4.88 Å². The fourth-order valence-corrected chi connectivity index (χ4v) is 4.14. The van der Waals surface area contributed by atoms with Crippen LogP contribution < -0.4 is 5.32 Å². The van der Waals surface area contributed by atoms with Crippen molar-refractivity contribution in [2.45, 2.75) is 39.2 Å². The summed E-state index contributed by atoms with van der Waals surface area (Å²) >= 11 is 1.97. The minimum absolute atomic E-state index is 0.627. The van der Waals surface area contributed by atoms with E-state index >= 15 is 0 Å². The number of hydrogen-bond donors (Lipinski definition) is 1. The van der Waals surface area contributed by atoms with Gasteiger partial charge in [-0.1, -0.05) is 6.92 Å². The van der Waals surface area contributed by atoms with Gasteiger partial charge in [-0.2, -0.15) is 0 Å². The quantitative estimate of drug-likeness (QED) is 0.821. The minimum atomic E-state index is 0.627. The van der Waals surface area contributed by atoms with Crippen molar-refractivity contribution < 1.29 is 0 Å². The maximum Gasteiger partial charge on any atom is 0.0478 e. The Bertz CT molecular complexity index is 361. The van der Waals surface area contributed by atoms with Gasteiger partial charge in [0.15, 0.2) is 0 Å². The Balaban J connectivity index is 2.05. The van der Waals surface area contributed by atoms with Crippen molar-refractivity contribution in [2.75, 3.05) is 26.7 Å². The lowest BCUT2D eigenvalue weighted by molar-refractivity contribution is 0.122. The van der Waals surface area contributed by atoms with Crippen LogP contribution in [0.4, 0.5) is 0 Å². The number of likely N-dealkylation sites (tertiary alicyclic amines) is 1. The Labute approximate surface area is 115 Å². The van der Waals surface area contributed by atoms with Gasteiger partial charge in [0.2, 0.25) is 0 Å². The van der Waals surface area contributed by atoms with Crippen LogP contribution in [-0.2, 0) is 0 Å². The van der Waals surface area contributed by atoms with Crippen LogP contribution in [0.3, 0.4) is 0 Å². The molecule has 2 heterocycles. The first kappa shape index (κ1) is 14.0. The lowest BCUT2D eigenvalue weighted by atomic mass is 9.88. The third kappa shape index (κ3) is 3.34. The molecule has 102 valence electrons. The van der Waals surface area contributed by atoms with E-state index < -0.39 is 0 Å². The van der Waals surface area contributed by atoms with Gasteiger partial charge in [0, 0.05) is 15.8 Å². The lowest BCUT2D eigenvalue weighted by Gasteiger charge is -2.39. The van der Waals surface area contributed by atoms with Crippen LogP contribution in [0.5, 0.6) is 0 Å². The number of rotatable bonds is 5. The molecule has 1 aliphatic rings. The molecule has 0 radical (unpaired) electrons. The molecule has 2 rings (SSSR count). The molecule has 2 atom stereocenters. The normalized spacial score (nSPS) is 25.5. The molecule has 3 heteroatoms. The van der Waals surface area contributed by atoms with Crippen molar-refractivity contribution in [3.63, 3.8) is 0 Å². The van der Waals surface area contributed by atoms with Gasteiger partial charge in [-0.3, -0.25) is 4.90 Å². The average molecular weight is 266 g/mol. The number of thiophene rings is 1. The molecule has 0 aliphatic carbocycles. The Morgan fingerprint density at radius 3 is 2.94 bits per heavy atom. The summed E-state index contributed by atoms with van der Waals surface area (Å²) in [7, 11) is 2.28. The van der Waals surface area contributed by atoms with Gasteiger partial charge < -0.3 is 5.32 Å². The van der Waals surface area contributed by atoms with Crippen LogP contribution in [0.2, 0.25) is 0 Å². The summed E-state index contributed by atoms with van der Waals surface area (Å²) in [6, 6.07) is 5.22. The van der Waals surface area contributed by atoms with E-state index in [4.69, 9.17) is 0 Å². The van der Waals surface area contributed by atoms with Crippen LogP contribution in [0, 0.1) is 12.8 Å². The molecule has 0 amide bonds. The predicted octanol–water partition coefficient (Wildman–Crippen LogP) is 3.44. The molecule has 1 aromatic rings. The van der Waals surface area contributed by atoms with Crippen molar-refractivity contribution in [3.05, 3.63) is 21.9 Å². The van der Waals surface area contributed by atoms with Gasteiger partial charge in [-0.25, -0.2) is 0 Å². The molecular weight excluding hydrogens is 240 g/mol.